The van der Waals surface area contributed by atoms with E-state index in [0.717, 1.165) is 54.1 Å². The summed E-state index contributed by atoms with van der Waals surface area (Å²) in [7, 11) is 0. The van der Waals surface area contributed by atoms with Crippen LogP contribution in [0.15, 0.2) is 53.4 Å². The number of hydrogen-bond donors (Lipinski definition) is 1. The third kappa shape index (κ3) is 5.36. The summed E-state index contributed by atoms with van der Waals surface area (Å²) in [6.07, 6.45) is 4.13. The minimum atomic E-state index is -0.444. The molecule has 0 aliphatic carbocycles. The number of anilines is 3. The summed E-state index contributed by atoms with van der Waals surface area (Å²) in [5.41, 5.74) is 3.57. The van der Waals surface area contributed by atoms with Crippen LogP contribution in [0.25, 0.3) is 6.08 Å². The minimum Gasteiger partial charge on any atom is -0.378 e. The van der Waals surface area contributed by atoms with E-state index in [2.05, 4.69) is 15.1 Å². The summed E-state index contributed by atoms with van der Waals surface area (Å²) in [6.45, 7) is 4.54. The highest BCUT2D eigenvalue weighted by molar-refractivity contribution is 8.18. The van der Waals surface area contributed by atoms with Gasteiger partial charge in [-0.1, -0.05) is 24.3 Å². The Kier molecular flexibility index (Phi) is 7.06. The summed E-state index contributed by atoms with van der Waals surface area (Å²) in [4.78, 5) is 44.0. The van der Waals surface area contributed by atoms with Crippen LogP contribution in [0.5, 0.6) is 0 Å². The molecule has 3 fully saturated rings. The molecule has 0 saturated carbocycles. The second-order valence-corrected chi connectivity index (χ2v) is 9.71. The third-order valence-electron chi connectivity index (χ3n) is 6.37. The molecular weight excluding hydrogens is 464 g/mol. The molecule has 1 N–H and O–H groups in total. The van der Waals surface area contributed by atoms with Crippen LogP contribution in [0.1, 0.15) is 18.4 Å². The van der Waals surface area contributed by atoms with Crippen molar-refractivity contribution in [3.8, 4) is 0 Å². The van der Waals surface area contributed by atoms with Crippen LogP contribution in [0.3, 0.4) is 0 Å². The molecule has 0 aromatic heterocycles. The molecule has 3 heterocycles. The van der Waals surface area contributed by atoms with Crippen LogP contribution >= 0.6 is 11.8 Å². The largest absolute Gasteiger partial charge is 0.378 e. The van der Waals surface area contributed by atoms with Gasteiger partial charge in [-0.3, -0.25) is 19.3 Å². The van der Waals surface area contributed by atoms with E-state index in [1.54, 1.807) is 6.08 Å². The van der Waals surface area contributed by atoms with Crippen molar-refractivity contribution < 1.29 is 19.1 Å². The minimum absolute atomic E-state index is 0.324. The first kappa shape index (κ1) is 23.4. The second kappa shape index (κ2) is 10.5. The van der Waals surface area contributed by atoms with E-state index >= 15 is 0 Å². The van der Waals surface area contributed by atoms with E-state index in [4.69, 9.17) is 4.74 Å². The van der Waals surface area contributed by atoms with Gasteiger partial charge in [0.05, 0.1) is 29.5 Å². The Morgan fingerprint density at radius 2 is 1.66 bits per heavy atom. The summed E-state index contributed by atoms with van der Waals surface area (Å²) in [6, 6.07) is 15.5. The van der Waals surface area contributed by atoms with Crippen LogP contribution < -0.4 is 15.1 Å². The summed E-state index contributed by atoms with van der Waals surface area (Å²) in [5.74, 6) is -0.857. The number of rotatable bonds is 6. The highest BCUT2D eigenvalue weighted by Crippen LogP contribution is 2.33. The van der Waals surface area contributed by atoms with E-state index < -0.39 is 17.1 Å². The number of nitrogens with zero attached hydrogens (tertiary/aromatic N) is 3. The molecule has 0 unspecified atom stereocenters. The van der Waals surface area contributed by atoms with Gasteiger partial charge in [-0.25, -0.2) is 0 Å². The second-order valence-electron chi connectivity index (χ2n) is 8.72. The molecule has 0 bridgehead atoms. The van der Waals surface area contributed by atoms with Crippen molar-refractivity contribution in [1.82, 2.24) is 4.90 Å². The quantitative estimate of drug-likeness (QED) is 0.615. The maximum absolute atomic E-state index is 12.9. The van der Waals surface area contributed by atoms with Gasteiger partial charge in [0.1, 0.15) is 6.54 Å². The van der Waals surface area contributed by atoms with Crippen molar-refractivity contribution in [3.05, 3.63) is 59.0 Å². The topological polar surface area (TPSA) is 82.2 Å². The first-order valence-corrected chi connectivity index (χ1v) is 12.7. The Hall–Kier alpha value is -3.30. The van der Waals surface area contributed by atoms with Crippen molar-refractivity contribution >= 4 is 52.0 Å². The number of para-hydroxylation sites is 2. The first-order valence-electron chi connectivity index (χ1n) is 11.9. The zero-order valence-electron chi connectivity index (χ0n) is 19.4. The number of imide groups is 1. The number of carbonyl (C=O) groups excluding carboxylic acids is 3. The molecule has 2 aromatic carbocycles. The molecule has 3 aliphatic heterocycles. The number of nitrogens with one attached hydrogen (secondary N) is 1. The molecule has 182 valence electrons. The maximum atomic E-state index is 12.9. The molecule has 35 heavy (non-hydrogen) atoms. The highest BCUT2D eigenvalue weighted by atomic mass is 32.2. The molecule has 0 spiro atoms. The summed E-state index contributed by atoms with van der Waals surface area (Å²) < 4.78 is 5.42. The SMILES string of the molecule is O=C(CN1C(=O)S/C(=C/c2ccc(N3CCCC3)cc2)C1=O)Nc1ccccc1N1CCOCC1. The molecule has 8 nitrogen and oxygen atoms in total. The molecule has 3 saturated heterocycles. The van der Waals surface area contributed by atoms with E-state index in [-0.39, 0.29) is 6.54 Å². The van der Waals surface area contributed by atoms with Gasteiger partial charge >= 0.3 is 0 Å². The zero-order valence-corrected chi connectivity index (χ0v) is 20.3. The molecule has 5 rings (SSSR count). The lowest BCUT2D eigenvalue weighted by Gasteiger charge is -2.30. The van der Waals surface area contributed by atoms with Crippen LogP contribution in [0, 0.1) is 0 Å². The first-order chi connectivity index (χ1) is 17.1. The maximum Gasteiger partial charge on any atom is 0.294 e. The number of morpholine rings is 1. The monoisotopic (exact) mass is 492 g/mol. The average molecular weight is 493 g/mol. The summed E-state index contributed by atoms with van der Waals surface area (Å²) in [5, 5.41) is 2.43. The fraction of sp³-hybridized carbons (Fsp3) is 0.346. The fourth-order valence-corrected chi connectivity index (χ4v) is 5.38. The van der Waals surface area contributed by atoms with Crippen molar-refractivity contribution in [1.29, 1.82) is 0 Å². The number of thioether (sulfide) groups is 1. The van der Waals surface area contributed by atoms with Crippen molar-refractivity contribution in [2.45, 2.75) is 12.8 Å². The van der Waals surface area contributed by atoms with Gasteiger partial charge in [-0.2, -0.15) is 0 Å². The Bertz CT molecular complexity index is 1140. The predicted molar refractivity (Wildman–Crippen MR) is 139 cm³/mol. The number of hydrogen-bond acceptors (Lipinski definition) is 7. The molecule has 9 heteroatoms. The molecule has 0 atom stereocenters. The van der Waals surface area contributed by atoms with Crippen molar-refractivity contribution in [2.75, 3.05) is 61.1 Å². The Labute approximate surface area is 208 Å². The molecule has 3 aliphatic rings. The standard InChI is InChI=1S/C26H28N4O4S/c31-24(27-21-5-1-2-6-22(21)29-13-15-34-16-14-29)18-30-25(32)23(35-26(30)33)17-19-7-9-20(10-8-19)28-11-3-4-12-28/h1-2,5-10,17H,3-4,11-16,18H2,(H,27,31)/b23-17+. The van der Waals surface area contributed by atoms with Crippen LogP contribution in [-0.4, -0.2) is 67.9 Å². The normalized spacial score (nSPS) is 19.7. The molecular formula is C26H28N4O4S. The van der Waals surface area contributed by atoms with Crippen LogP contribution in [0.2, 0.25) is 0 Å². The molecule has 2 aromatic rings. The fourth-order valence-electron chi connectivity index (χ4n) is 4.54. The third-order valence-corrected chi connectivity index (χ3v) is 7.27. The van der Waals surface area contributed by atoms with Gasteiger partial charge in [-0.15, -0.1) is 0 Å². The number of amides is 3. The van der Waals surface area contributed by atoms with Gasteiger partial charge < -0.3 is 19.9 Å². The number of benzene rings is 2. The Morgan fingerprint density at radius 3 is 2.40 bits per heavy atom. The van der Waals surface area contributed by atoms with Crippen molar-refractivity contribution in [2.24, 2.45) is 0 Å². The summed E-state index contributed by atoms with van der Waals surface area (Å²) >= 11 is 0.866. The molecule has 0 radical (unpaired) electrons. The van der Waals surface area contributed by atoms with Gasteiger partial charge in [0.15, 0.2) is 0 Å². The van der Waals surface area contributed by atoms with Crippen LogP contribution in [-0.2, 0) is 14.3 Å². The Morgan fingerprint density at radius 1 is 0.943 bits per heavy atom. The lowest BCUT2D eigenvalue weighted by Crippen LogP contribution is -2.38. The van der Waals surface area contributed by atoms with Gasteiger partial charge in [-0.05, 0) is 60.5 Å². The van der Waals surface area contributed by atoms with E-state index in [1.165, 1.54) is 18.5 Å². The average Bonchev–Trinajstić information content (AvgIpc) is 3.50. The lowest BCUT2D eigenvalue weighted by atomic mass is 10.2. The van der Waals surface area contributed by atoms with Gasteiger partial charge in [0, 0.05) is 31.9 Å². The smallest absolute Gasteiger partial charge is 0.294 e. The van der Waals surface area contributed by atoms with Crippen molar-refractivity contribution in [3.63, 3.8) is 0 Å². The van der Waals surface area contributed by atoms with E-state index in [9.17, 15) is 14.4 Å². The van der Waals surface area contributed by atoms with E-state index in [0.29, 0.717) is 23.8 Å². The number of ether oxygens (including phenoxy) is 1. The number of carbonyl (C=O) groups is 3. The zero-order chi connectivity index (χ0) is 24.2. The Balaban J connectivity index is 1.23. The van der Waals surface area contributed by atoms with E-state index in [1.807, 2.05) is 48.5 Å². The highest BCUT2D eigenvalue weighted by Gasteiger charge is 2.36. The molecule has 3 amide bonds. The predicted octanol–water partition coefficient (Wildman–Crippen LogP) is 3.80. The lowest BCUT2D eigenvalue weighted by molar-refractivity contribution is -0.127. The van der Waals surface area contributed by atoms with Crippen LogP contribution in [0.4, 0.5) is 21.9 Å². The van der Waals surface area contributed by atoms with Gasteiger partial charge in [0.25, 0.3) is 11.1 Å². The van der Waals surface area contributed by atoms with Gasteiger partial charge in [0.2, 0.25) is 5.91 Å².